The molecule has 0 aliphatic heterocycles. The van der Waals surface area contributed by atoms with E-state index in [1.807, 2.05) is 19.2 Å². The number of hydrogen-bond donors (Lipinski definition) is 2. The number of methoxy groups -OCH3 is 1. The fourth-order valence-corrected chi connectivity index (χ4v) is 3.00. The van der Waals surface area contributed by atoms with Gasteiger partial charge in [0.1, 0.15) is 5.75 Å². The molecule has 0 heterocycles. The largest absolute Gasteiger partial charge is 0.497 e. The number of nitrogens with zero attached hydrogens (tertiary/aromatic N) is 1. The second kappa shape index (κ2) is 10.1. The summed E-state index contributed by atoms with van der Waals surface area (Å²) in [6.07, 6.45) is 0. The van der Waals surface area contributed by atoms with Crippen molar-refractivity contribution in [1.82, 2.24) is 10.6 Å². The van der Waals surface area contributed by atoms with E-state index in [-0.39, 0.29) is 0 Å². The molecule has 0 fully saturated rings. The van der Waals surface area contributed by atoms with E-state index in [0.717, 1.165) is 31.9 Å². The van der Waals surface area contributed by atoms with Crippen LogP contribution in [0.15, 0.2) is 48.5 Å². The SMILES string of the molecule is CCN(CC)c1ccc([C@@H](CNCc2ccc(OC)cc2)NC)cc1. The van der Waals surface area contributed by atoms with E-state index in [0.29, 0.717) is 6.04 Å². The Morgan fingerprint density at radius 3 is 2.12 bits per heavy atom. The molecule has 0 amide bonds. The molecule has 0 aliphatic carbocycles. The molecule has 2 aromatic rings. The van der Waals surface area contributed by atoms with E-state index in [9.17, 15) is 0 Å². The van der Waals surface area contributed by atoms with Gasteiger partial charge in [-0.1, -0.05) is 24.3 Å². The first-order chi connectivity index (χ1) is 12.2. The molecular weight excluding hydrogens is 310 g/mol. The molecule has 2 aromatic carbocycles. The minimum atomic E-state index is 0.295. The Balaban J connectivity index is 1.90. The average molecular weight is 341 g/mol. The summed E-state index contributed by atoms with van der Waals surface area (Å²) in [5.74, 6) is 0.894. The van der Waals surface area contributed by atoms with E-state index in [2.05, 4.69) is 65.8 Å². The van der Waals surface area contributed by atoms with Gasteiger partial charge >= 0.3 is 0 Å². The third kappa shape index (κ3) is 5.48. The van der Waals surface area contributed by atoms with Crippen LogP contribution in [0.2, 0.25) is 0 Å². The van der Waals surface area contributed by atoms with Gasteiger partial charge in [-0.05, 0) is 56.3 Å². The van der Waals surface area contributed by atoms with Gasteiger partial charge in [-0.25, -0.2) is 0 Å². The van der Waals surface area contributed by atoms with Gasteiger partial charge in [-0.2, -0.15) is 0 Å². The summed E-state index contributed by atoms with van der Waals surface area (Å²) in [5.41, 5.74) is 3.85. The molecule has 136 valence electrons. The van der Waals surface area contributed by atoms with Crippen LogP contribution < -0.4 is 20.3 Å². The van der Waals surface area contributed by atoms with Crippen molar-refractivity contribution in [1.29, 1.82) is 0 Å². The Kier molecular flexibility index (Phi) is 7.76. The van der Waals surface area contributed by atoms with Crippen molar-refractivity contribution in [2.75, 3.05) is 38.7 Å². The minimum Gasteiger partial charge on any atom is -0.497 e. The third-order valence-corrected chi connectivity index (χ3v) is 4.61. The summed E-state index contributed by atoms with van der Waals surface area (Å²) in [6.45, 7) is 8.18. The maximum atomic E-state index is 5.20. The van der Waals surface area contributed by atoms with Crippen molar-refractivity contribution in [2.24, 2.45) is 0 Å². The number of ether oxygens (including phenoxy) is 1. The van der Waals surface area contributed by atoms with Gasteiger partial charge < -0.3 is 20.3 Å². The summed E-state index contributed by atoms with van der Waals surface area (Å²) in [7, 11) is 3.70. The molecule has 0 aromatic heterocycles. The zero-order chi connectivity index (χ0) is 18.1. The lowest BCUT2D eigenvalue weighted by atomic mass is 10.1. The summed E-state index contributed by atoms with van der Waals surface area (Å²) in [4.78, 5) is 2.36. The van der Waals surface area contributed by atoms with Gasteiger partial charge in [-0.3, -0.25) is 0 Å². The highest BCUT2D eigenvalue weighted by molar-refractivity contribution is 5.47. The molecule has 0 unspecified atom stereocenters. The maximum absolute atomic E-state index is 5.20. The van der Waals surface area contributed by atoms with Gasteiger partial charge in [-0.15, -0.1) is 0 Å². The highest BCUT2D eigenvalue weighted by atomic mass is 16.5. The van der Waals surface area contributed by atoms with E-state index in [1.165, 1.54) is 16.8 Å². The zero-order valence-electron chi connectivity index (χ0n) is 15.9. The summed E-state index contributed by atoms with van der Waals surface area (Å²) in [6, 6.07) is 17.4. The lowest BCUT2D eigenvalue weighted by Crippen LogP contribution is -2.29. The Morgan fingerprint density at radius 2 is 1.60 bits per heavy atom. The number of hydrogen-bond acceptors (Lipinski definition) is 4. The fraction of sp³-hybridized carbons (Fsp3) is 0.429. The quantitative estimate of drug-likeness (QED) is 0.692. The third-order valence-electron chi connectivity index (χ3n) is 4.61. The first kappa shape index (κ1) is 19.3. The maximum Gasteiger partial charge on any atom is 0.118 e. The van der Waals surface area contributed by atoms with Crippen LogP contribution in [0, 0.1) is 0 Å². The van der Waals surface area contributed by atoms with E-state index < -0.39 is 0 Å². The summed E-state index contributed by atoms with van der Waals surface area (Å²) < 4.78 is 5.20. The molecule has 1 atom stereocenters. The molecule has 0 radical (unpaired) electrons. The lowest BCUT2D eigenvalue weighted by molar-refractivity contribution is 0.414. The lowest BCUT2D eigenvalue weighted by Gasteiger charge is -2.23. The number of likely N-dealkylation sites (N-methyl/N-ethyl adjacent to an activating group) is 1. The number of rotatable bonds is 10. The molecular formula is C21H31N3O. The molecule has 2 N–H and O–H groups in total. The van der Waals surface area contributed by atoms with Crippen LogP contribution in [0.25, 0.3) is 0 Å². The standard InChI is InChI=1S/C21H31N3O/c1-5-24(6-2)19-11-9-18(10-12-19)21(22-3)16-23-15-17-7-13-20(25-4)14-8-17/h7-14,21-23H,5-6,15-16H2,1-4H3/t21-/m1/s1. The molecule has 4 heteroatoms. The smallest absolute Gasteiger partial charge is 0.118 e. The molecule has 25 heavy (non-hydrogen) atoms. The molecule has 4 nitrogen and oxygen atoms in total. The average Bonchev–Trinajstić information content (AvgIpc) is 2.67. The van der Waals surface area contributed by atoms with Crippen LogP contribution in [-0.4, -0.2) is 33.8 Å². The van der Waals surface area contributed by atoms with Crippen molar-refractivity contribution in [3.63, 3.8) is 0 Å². The summed E-state index contributed by atoms with van der Waals surface area (Å²) >= 11 is 0. The predicted molar refractivity (Wildman–Crippen MR) is 107 cm³/mol. The second-order valence-electron chi connectivity index (χ2n) is 6.08. The van der Waals surface area contributed by atoms with Crippen LogP contribution in [0.1, 0.15) is 31.0 Å². The van der Waals surface area contributed by atoms with E-state index in [4.69, 9.17) is 4.74 Å². The van der Waals surface area contributed by atoms with E-state index >= 15 is 0 Å². The van der Waals surface area contributed by atoms with Gasteiger partial charge in [0.05, 0.1) is 7.11 Å². The predicted octanol–water partition coefficient (Wildman–Crippen LogP) is 3.59. The van der Waals surface area contributed by atoms with Gasteiger partial charge in [0.15, 0.2) is 0 Å². The van der Waals surface area contributed by atoms with Gasteiger partial charge in [0.25, 0.3) is 0 Å². The first-order valence-corrected chi connectivity index (χ1v) is 9.07. The van der Waals surface area contributed by atoms with Crippen molar-refractivity contribution in [3.05, 3.63) is 59.7 Å². The first-order valence-electron chi connectivity index (χ1n) is 9.07. The number of anilines is 1. The normalized spacial score (nSPS) is 12.0. The molecule has 0 saturated heterocycles. The van der Waals surface area contributed by atoms with Crippen molar-refractivity contribution in [3.8, 4) is 5.75 Å². The molecule has 0 bridgehead atoms. The topological polar surface area (TPSA) is 36.5 Å². The van der Waals surface area contributed by atoms with Crippen molar-refractivity contribution in [2.45, 2.75) is 26.4 Å². The van der Waals surface area contributed by atoms with Gasteiger partial charge in [0.2, 0.25) is 0 Å². The van der Waals surface area contributed by atoms with Crippen molar-refractivity contribution >= 4 is 5.69 Å². The van der Waals surface area contributed by atoms with Gasteiger partial charge in [0, 0.05) is 37.9 Å². The Labute approximate surface area is 152 Å². The monoisotopic (exact) mass is 341 g/mol. The van der Waals surface area contributed by atoms with E-state index in [1.54, 1.807) is 7.11 Å². The van der Waals surface area contributed by atoms with Crippen LogP contribution in [-0.2, 0) is 6.54 Å². The highest BCUT2D eigenvalue weighted by Crippen LogP contribution is 2.19. The number of nitrogens with one attached hydrogen (secondary N) is 2. The zero-order valence-corrected chi connectivity index (χ0v) is 15.9. The van der Waals surface area contributed by atoms with Crippen LogP contribution >= 0.6 is 0 Å². The molecule has 2 rings (SSSR count). The fourth-order valence-electron chi connectivity index (χ4n) is 3.00. The second-order valence-corrected chi connectivity index (χ2v) is 6.08. The summed E-state index contributed by atoms with van der Waals surface area (Å²) in [5, 5.41) is 6.94. The molecule has 0 saturated carbocycles. The molecule has 0 aliphatic rings. The van der Waals surface area contributed by atoms with Crippen LogP contribution in [0.4, 0.5) is 5.69 Å². The van der Waals surface area contributed by atoms with Crippen LogP contribution in [0.5, 0.6) is 5.75 Å². The highest BCUT2D eigenvalue weighted by Gasteiger charge is 2.10. The van der Waals surface area contributed by atoms with Crippen LogP contribution in [0.3, 0.4) is 0 Å². The Morgan fingerprint density at radius 1 is 0.960 bits per heavy atom. The number of benzene rings is 2. The molecule has 0 spiro atoms. The van der Waals surface area contributed by atoms with Crippen molar-refractivity contribution < 1.29 is 4.74 Å². The minimum absolute atomic E-state index is 0.295. The Hall–Kier alpha value is -2.04. The Bertz CT molecular complexity index is 606.